The Hall–Kier alpha value is -2.51. The van der Waals surface area contributed by atoms with Gasteiger partial charge in [-0.3, -0.25) is 4.79 Å². The second-order valence-corrected chi connectivity index (χ2v) is 10.7. The third kappa shape index (κ3) is 3.40. The lowest BCUT2D eigenvalue weighted by Crippen LogP contribution is -2.16. The zero-order valence-corrected chi connectivity index (χ0v) is 18.8. The number of alkyl halides is 3. The maximum Gasteiger partial charge on any atom is 0.433 e. The number of nitrogens with one attached hydrogen (secondary N) is 1. The van der Waals surface area contributed by atoms with Gasteiger partial charge in [0.25, 0.3) is 5.91 Å². The summed E-state index contributed by atoms with van der Waals surface area (Å²) < 4.78 is 67.5. The summed E-state index contributed by atoms with van der Waals surface area (Å²) in [5.74, 6) is -0.342. The summed E-state index contributed by atoms with van der Waals surface area (Å²) in [7, 11) is -0.673. The number of sulfone groups is 1. The number of halogens is 3. The molecule has 0 saturated heterocycles. The average Bonchev–Trinajstić information content (AvgIpc) is 3.37. The van der Waals surface area contributed by atoms with Crippen LogP contribution in [0.2, 0.25) is 0 Å². The van der Waals surface area contributed by atoms with Crippen molar-refractivity contribution in [3.63, 3.8) is 0 Å². The molecular formula is C18H15F3N4O3S3. The molecule has 0 radical (unpaired) electrons. The molecule has 0 atom stereocenters. The van der Waals surface area contributed by atoms with Crippen LogP contribution in [0.15, 0.2) is 22.5 Å². The number of aryl methyl sites for hydroxylation is 1. The second-order valence-electron chi connectivity index (χ2n) is 6.60. The Balaban J connectivity index is 2.04. The van der Waals surface area contributed by atoms with E-state index in [-0.39, 0.29) is 32.8 Å². The lowest BCUT2D eigenvalue weighted by atomic mass is 10.3. The largest absolute Gasteiger partial charge is 0.433 e. The standard InChI is InChI=1S/C18H15F3N4O3S3/c1-4-31(27,28)15-13-12(8(7-29-13)17(26)22-2)30-14(15)16-24-9-5-11(18(19,20)21)23-6-10(9)25(16)3/h5-7H,4H2,1-3H3,(H,22,26). The molecule has 0 aliphatic rings. The third-order valence-electron chi connectivity index (χ3n) is 4.79. The molecule has 0 aromatic carbocycles. The number of imidazole rings is 1. The molecule has 4 rings (SSSR count). The van der Waals surface area contributed by atoms with Crippen molar-refractivity contribution in [3.05, 3.63) is 28.9 Å². The van der Waals surface area contributed by atoms with Gasteiger partial charge in [-0.15, -0.1) is 22.7 Å². The molecule has 1 amide bonds. The highest BCUT2D eigenvalue weighted by molar-refractivity contribution is 7.92. The maximum atomic E-state index is 13.1. The number of fused-ring (bicyclic) bond motifs is 2. The van der Waals surface area contributed by atoms with Crippen molar-refractivity contribution in [3.8, 4) is 10.7 Å². The Morgan fingerprint density at radius 3 is 2.61 bits per heavy atom. The van der Waals surface area contributed by atoms with Crippen molar-refractivity contribution in [2.75, 3.05) is 12.8 Å². The Morgan fingerprint density at radius 1 is 1.29 bits per heavy atom. The van der Waals surface area contributed by atoms with E-state index in [1.807, 2.05) is 0 Å². The monoisotopic (exact) mass is 488 g/mol. The van der Waals surface area contributed by atoms with E-state index in [0.717, 1.165) is 34.9 Å². The van der Waals surface area contributed by atoms with Crippen LogP contribution >= 0.6 is 22.7 Å². The first-order valence-corrected chi connectivity index (χ1v) is 12.2. The summed E-state index contributed by atoms with van der Waals surface area (Å²) in [6.45, 7) is 1.50. The Bertz CT molecular complexity index is 1450. The van der Waals surface area contributed by atoms with Crippen molar-refractivity contribution in [1.29, 1.82) is 0 Å². The van der Waals surface area contributed by atoms with Gasteiger partial charge in [0.1, 0.15) is 10.6 Å². The molecule has 0 fully saturated rings. The molecule has 4 aromatic rings. The maximum absolute atomic E-state index is 13.1. The zero-order chi connectivity index (χ0) is 22.7. The molecule has 4 aromatic heterocycles. The van der Waals surface area contributed by atoms with E-state index in [4.69, 9.17) is 0 Å². The fraction of sp³-hybridized carbons (Fsp3) is 0.278. The Kier molecular flexibility index (Phi) is 5.10. The van der Waals surface area contributed by atoms with Gasteiger partial charge in [-0.25, -0.2) is 18.4 Å². The highest BCUT2D eigenvalue weighted by Gasteiger charge is 2.34. The van der Waals surface area contributed by atoms with Crippen LogP contribution < -0.4 is 5.32 Å². The van der Waals surface area contributed by atoms with Crippen LogP contribution in [0.4, 0.5) is 13.2 Å². The van der Waals surface area contributed by atoms with Crippen molar-refractivity contribution in [1.82, 2.24) is 19.9 Å². The van der Waals surface area contributed by atoms with E-state index < -0.39 is 21.7 Å². The quantitative estimate of drug-likeness (QED) is 0.467. The first kappa shape index (κ1) is 21.7. The molecule has 0 saturated carbocycles. The number of pyridine rings is 1. The van der Waals surface area contributed by atoms with E-state index in [1.54, 1.807) is 12.4 Å². The van der Waals surface area contributed by atoms with E-state index in [1.165, 1.54) is 18.5 Å². The number of rotatable bonds is 4. The number of nitrogens with zero attached hydrogens (tertiary/aromatic N) is 3. The molecule has 1 N–H and O–H groups in total. The van der Waals surface area contributed by atoms with Gasteiger partial charge in [0.2, 0.25) is 0 Å². The van der Waals surface area contributed by atoms with E-state index in [2.05, 4.69) is 15.3 Å². The van der Waals surface area contributed by atoms with Gasteiger partial charge in [0, 0.05) is 19.5 Å². The second kappa shape index (κ2) is 7.28. The summed E-state index contributed by atoms with van der Waals surface area (Å²) in [4.78, 5) is 20.3. The Morgan fingerprint density at radius 2 is 2.00 bits per heavy atom. The first-order valence-electron chi connectivity index (χ1n) is 8.88. The number of hydrogen-bond donors (Lipinski definition) is 1. The van der Waals surface area contributed by atoms with Crippen molar-refractivity contribution in [2.45, 2.75) is 18.0 Å². The molecule has 0 spiro atoms. The number of hydrogen-bond acceptors (Lipinski definition) is 7. The number of aromatic nitrogens is 3. The molecule has 7 nitrogen and oxygen atoms in total. The van der Waals surface area contributed by atoms with Crippen LogP contribution in [-0.2, 0) is 23.1 Å². The van der Waals surface area contributed by atoms with Gasteiger partial charge >= 0.3 is 6.18 Å². The molecule has 0 aliphatic heterocycles. The van der Waals surface area contributed by atoms with E-state index in [0.29, 0.717) is 20.5 Å². The number of thiophene rings is 2. The van der Waals surface area contributed by atoms with Crippen LogP contribution in [0, 0.1) is 0 Å². The van der Waals surface area contributed by atoms with Gasteiger partial charge in [-0.05, 0) is 6.07 Å². The lowest BCUT2D eigenvalue weighted by molar-refractivity contribution is -0.141. The van der Waals surface area contributed by atoms with Crippen LogP contribution in [0.5, 0.6) is 0 Å². The topological polar surface area (TPSA) is 93.9 Å². The minimum absolute atomic E-state index is 0.0394. The fourth-order valence-electron chi connectivity index (χ4n) is 3.17. The van der Waals surface area contributed by atoms with Crippen LogP contribution in [0.1, 0.15) is 23.0 Å². The first-order chi connectivity index (χ1) is 14.5. The van der Waals surface area contributed by atoms with Gasteiger partial charge in [-0.1, -0.05) is 6.92 Å². The predicted molar refractivity (Wildman–Crippen MR) is 113 cm³/mol. The average molecular weight is 489 g/mol. The number of carbonyl (C=O) groups excluding carboxylic acids is 1. The minimum atomic E-state index is -4.63. The molecule has 31 heavy (non-hydrogen) atoms. The van der Waals surface area contributed by atoms with E-state index >= 15 is 0 Å². The summed E-state index contributed by atoms with van der Waals surface area (Å²) >= 11 is 2.21. The highest BCUT2D eigenvalue weighted by Crippen LogP contribution is 2.46. The number of amides is 1. The normalized spacial score (nSPS) is 12.7. The van der Waals surface area contributed by atoms with Crippen LogP contribution in [0.25, 0.3) is 31.1 Å². The van der Waals surface area contributed by atoms with Crippen molar-refractivity contribution in [2.24, 2.45) is 7.05 Å². The van der Waals surface area contributed by atoms with Gasteiger partial charge < -0.3 is 9.88 Å². The molecule has 13 heteroatoms. The number of carbonyl (C=O) groups is 1. The summed E-state index contributed by atoms with van der Waals surface area (Å²) in [6, 6.07) is 0.832. The minimum Gasteiger partial charge on any atom is -0.355 e. The Labute approximate surface area is 182 Å². The third-order valence-corrected chi connectivity index (χ3v) is 9.18. The van der Waals surface area contributed by atoms with Crippen LogP contribution in [-0.4, -0.2) is 41.7 Å². The van der Waals surface area contributed by atoms with Crippen LogP contribution in [0.3, 0.4) is 0 Å². The van der Waals surface area contributed by atoms with Gasteiger partial charge in [-0.2, -0.15) is 13.2 Å². The molecule has 4 heterocycles. The molecule has 164 valence electrons. The smallest absolute Gasteiger partial charge is 0.355 e. The van der Waals surface area contributed by atoms with Gasteiger partial charge in [0.15, 0.2) is 15.7 Å². The van der Waals surface area contributed by atoms with E-state index in [9.17, 15) is 26.4 Å². The van der Waals surface area contributed by atoms with Gasteiger partial charge in [0.05, 0.1) is 42.8 Å². The van der Waals surface area contributed by atoms with Crippen molar-refractivity contribution >= 4 is 58.9 Å². The van der Waals surface area contributed by atoms with Crippen molar-refractivity contribution < 1.29 is 26.4 Å². The SMILES string of the molecule is CCS(=O)(=O)c1c(-c2nc3cc(C(F)(F)F)ncc3n2C)sc2c(C(=O)NC)csc12. The summed E-state index contributed by atoms with van der Waals surface area (Å²) in [5, 5.41) is 4.11. The predicted octanol–water partition coefficient (Wildman–Crippen LogP) is 4.08. The molecule has 0 unspecified atom stereocenters. The summed E-state index contributed by atoms with van der Waals surface area (Å²) in [5.41, 5.74) is -0.375. The molecular weight excluding hydrogens is 473 g/mol. The zero-order valence-electron chi connectivity index (χ0n) is 16.4. The summed E-state index contributed by atoms with van der Waals surface area (Å²) in [6.07, 6.45) is -3.56. The molecule has 0 bridgehead atoms. The lowest BCUT2D eigenvalue weighted by Gasteiger charge is -2.05. The fourth-order valence-corrected chi connectivity index (χ4v) is 7.74. The highest BCUT2D eigenvalue weighted by atomic mass is 32.2. The molecule has 0 aliphatic carbocycles.